The summed E-state index contributed by atoms with van der Waals surface area (Å²) in [6, 6.07) is 0. The van der Waals surface area contributed by atoms with Gasteiger partial charge in [-0.15, -0.1) is 0 Å². The number of nitrogens with zero attached hydrogens (tertiary/aromatic N) is 2. The highest BCUT2D eigenvalue weighted by Crippen LogP contribution is 2.45. The molecule has 0 bridgehead atoms. The molecule has 5 heteroatoms. The molecule has 2 heterocycles. The number of nitrogens with two attached hydrogens (primary N) is 1. The SMILES string of the molecule is CCOc1c(N)nsc1N1CC2CCCC2C1. The number of hydrogen-bond acceptors (Lipinski definition) is 5. The van der Waals surface area contributed by atoms with Gasteiger partial charge in [0.25, 0.3) is 0 Å². The maximum absolute atomic E-state index is 5.86. The van der Waals surface area contributed by atoms with Crippen molar-refractivity contribution in [1.82, 2.24) is 4.37 Å². The molecule has 1 saturated carbocycles. The summed E-state index contributed by atoms with van der Waals surface area (Å²) in [4.78, 5) is 2.42. The standard InChI is InChI=1S/C12H19N3OS/c1-2-16-10-11(13)14-17-12(10)15-6-8-4-3-5-9(8)7-15/h8-9H,2-7H2,1H3,(H2,13,14). The Labute approximate surface area is 106 Å². The lowest BCUT2D eigenvalue weighted by molar-refractivity contribution is 0.343. The fraction of sp³-hybridized carbons (Fsp3) is 0.750. The second-order valence-electron chi connectivity index (χ2n) is 4.99. The molecule has 1 aliphatic carbocycles. The molecule has 0 amide bonds. The number of aromatic nitrogens is 1. The van der Waals surface area contributed by atoms with Gasteiger partial charge in [-0.3, -0.25) is 0 Å². The highest BCUT2D eigenvalue weighted by atomic mass is 32.1. The van der Waals surface area contributed by atoms with Crippen molar-refractivity contribution < 1.29 is 4.74 Å². The fourth-order valence-electron chi connectivity index (χ4n) is 3.17. The largest absolute Gasteiger partial charge is 0.487 e. The molecule has 17 heavy (non-hydrogen) atoms. The second kappa shape index (κ2) is 4.37. The van der Waals surface area contributed by atoms with E-state index >= 15 is 0 Å². The monoisotopic (exact) mass is 253 g/mol. The quantitative estimate of drug-likeness (QED) is 0.898. The molecule has 2 fully saturated rings. The van der Waals surface area contributed by atoms with Crippen molar-refractivity contribution in [2.45, 2.75) is 26.2 Å². The highest BCUT2D eigenvalue weighted by molar-refractivity contribution is 7.11. The molecule has 2 unspecified atom stereocenters. The van der Waals surface area contributed by atoms with Crippen LogP contribution in [0.4, 0.5) is 10.8 Å². The van der Waals surface area contributed by atoms with Gasteiger partial charge in [0.05, 0.1) is 6.61 Å². The Morgan fingerprint density at radius 1 is 1.41 bits per heavy atom. The summed E-state index contributed by atoms with van der Waals surface area (Å²) in [6.07, 6.45) is 4.19. The molecule has 2 N–H and O–H groups in total. The Balaban J connectivity index is 1.80. The normalized spacial score (nSPS) is 27.5. The number of nitrogen functional groups attached to an aromatic ring is 1. The van der Waals surface area contributed by atoms with Gasteiger partial charge >= 0.3 is 0 Å². The Morgan fingerprint density at radius 2 is 2.12 bits per heavy atom. The number of ether oxygens (including phenoxy) is 1. The molecule has 2 aliphatic rings. The van der Waals surface area contributed by atoms with Crippen LogP contribution < -0.4 is 15.4 Å². The lowest BCUT2D eigenvalue weighted by atomic mass is 10.0. The first-order valence-electron chi connectivity index (χ1n) is 6.42. The minimum Gasteiger partial charge on any atom is -0.487 e. The van der Waals surface area contributed by atoms with Crippen LogP contribution in [0.2, 0.25) is 0 Å². The molecule has 3 rings (SSSR count). The number of rotatable bonds is 3. The molecule has 1 aromatic rings. The zero-order valence-electron chi connectivity index (χ0n) is 10.2. The van der Waals surface area contributed by atoms with Crippen molar-refractivity contribution in [2.75, 3.05) is 30.3 Å². The Kier molecular flexibility index (Phi) is 2.86. The van der Waals surface area contributed by atoms with Gasteiger partial charge in [-0.05, 0) is 43.1 Å². The lowest BCUT2D eigenvalue weighted by Crippen LogP contribution is -2.20. The Hall–Kier alpha value is -0.970. The van der Waals surface area contributed by atoms with Crippen LogP contribution in [0.5, 0.6) is 5.75 Å². The van der Waals surface area contributed by atoms with Gasteiger partial charge in [0, 0.05) is 13.1 Å². The van der Waals surface area contributed by atoms with Crippen molar-refractivity contribution >= 4 is 22.4 Å². The first-order valence-corrected chi connectivity index (χ1v) is 7.19. The maximum atomic E-state index is 5.86. The van der Waals surface area contributed by atoms with Gasteiger partial charge in [-0.25, -0.2) is 0 Å². The second-order valence-corrected chi connectivity index (χ2v) is 5.74. The van der Waals surface area contributed by atoms with Crippen molar-refractivity contribution in [1.29, 1.82) is 0 Å². The molecule has 0 aromatic carbocycles. The zero-order chi connectivity index (χ0) is 11.8. The Bertz CT molecular complexity index is 394. The summed E-state index contributed by atoms with van der Waals surface area (Å²) in [5, 5.41) is 1.14. The highest BCUT2D eigenvalue weighted by Gasteiger charge is 2.37. The van der Waals surface area contributed by atoms with E-state index in [9.17, 15) is 0 Å². The first kappa shape index (κ1) is 11.1. The lowest BCUT2D eigenvalue weighted by Gasteiger charge is -2.18. The summed E-state index contributed by atoms with van der Waals surface area (Å²) < 4.78 is 9.85. The van der Waals surface area contributed by atoms with Crippen LogP contribution >= 0.6 is 11.5 Å². The minimum absolute atomic E-state index is 0.545. The number of anilines is 2. The van der Waals surface area contributed by atoms with Crippen LogP contribution in [0, 0.1) is 11.8 Å². The molecule has 4 nitrogen and oxygen atoms in total. The first-order chi connectivity index (χ1) is 8.29. The molecule has 2 atom stereocenters. The topological polar surface area (TPSA) is 51.4 Å². The van der Waals surface area contributed by atoms with Gasteiger partial charge in [0.2, 0.25) is 0 Å². The summed E-state index contributed by atoms with van der Waals surface area (Å²) in [7, 11) is 0. The van der Waals surface area contributed by atoms with Crippen molar-refractivity contribution in [2.24, 2.45) is 11.8 Å². The summed E-state index contributed by atoms with van der Waals surface area (Å²) >= 11 is 1.48. The van der Waals surface area contributed by atoms with Gasteiger partial charge in [0.1, 0.15) is 0 Å². The number of hydrogen-bond donors (Lipinski definition) is 1. The molecule has 94 valence electrons. The third-order valence-electron chi connectivity index (χ3n) is 3.96. The molecular formula is C12H19N3OS. The van der Waals surface area contributed by atoms with E-state index in [2.05, 4.69) is 9.27 Å². The zero-order valence-corrected chi connectivity index (χ0v) is 11.0. The van der Waals surface area contributed by atoms with E-state index in [0.29, 0.717) is 12.4 Å². The van der Waals surface area contributed by atoms with E-state index in [-0.39, 0.29) is 0 Å². The number of fused-ring (bicyclic) bond motifs is 1. The smallest absolute Gasteiger partial charge is 0.197 e. The van der Waals surface area contributed by atoms with Gasteiger partial charge in [-0.1, -0.05) is 6.42 Å². The molecule has 1 aliphatic heterocycles. The van der Waals surface area contributed by atoms with E-state index in [1.807, 2.05) is 6.92 Å². The van der Waals surface area contributed by atoms with Gasteiger partial charge in [-0.2, -0.15) is 4.37 Å². The van der Waals surface area contributed by atoms with E-state index in [1.165, 1.54) is 30.8 Å². The van der Waals surface area contributed by atoms with Crippen molar-refractivity contribution in [3.8, 4) is 5.75 Å². The van der Waals surface area contributed by atoms with Gasteiger partial charge in [0.15, 0.2) is 16.6 Å². The summed E-state index contributed by atoms with van der Waals surface area (Å²) in [5.41, 5.74) is 5.86. The molecule has 1 saturated heterocycles. The molecule has 0 radical (unpaired) electrons. The van der Waals surface area contributed by atoms with Crippen molar-refractivity contribution in [3.63, 3.8) is 0 Å². The average Bonchev–Trinajstić information content (AvgIpc) is 2.94. The third-order valence-corrected chi connectivity index (χ3v) is 4.86. The predicted molar refractivity (Wildman–Crippen MR) is 70.7 cm³/mol. The Morgan fingerprint density at radius 3 is 2.76 bits per heavy atom. The van der Waals surface area contributed by atoms with Crippen molar-refractivity contribution in [3.05, 3.63) is 0 Å². The fourth-order valence-corrected chi connectivity index (χ4v) is 3.95. The van der Waals surface area contributed by atoms with Crippen LogP contribution in [0.3, 0.4) is 0 Å². The van der Waals surface area contributed by atoms with Crippen LogP contribution in [-0.4, -0.2) is 24.1 Å². The average molecular weight is 253 g/mol. The third kappa shape index (κ3) is 1.86. The molecule has 1 aromatic heterocycles. The van der Waals surface area contributed by atoms with Gasteiger partial charge < -0.3 is 15.4 Å². The molecule has 0 spiro atoms. The van der Waals surface area contributed by atoms with E-state index in [1.54, 1.807) is 0 Å². The van der Waals surface area contributed by atoms with E-state index in [4.69, 9.17) is 10.5 Å². The van der Waals surface area contributed by atoms with E-state index in [0.717, 1.165) is 35.7 Å². The van der Waals surface area contributed by atoms with Crippen LogP contribution in [-0.2, 0) is 0 Å². The van der Waals surface area contributed by atoms with Crippen LogP contribution in [0.25, 0.3) is 0 Å². The minimum atomic E-state index is 0.545. The maximum Gasteiger partial charge on any atom is 0.197 e. The van der Waals surface area contributed by atoms with Crippen LogP contribution in [0.1, 0.15) is 26.2 Å². The molecular weight excluding hydrogens is 234 g/mol. The van der Waals surface area contributed by atoms with E-state index < -0.39 is 0 Å². The summed E-state index contributed by atoms with van der Waals surface area (Å²) in [5.74, 6) is 3.11. The van der Waals surface area contributed by atoms with Crippen LogP contribution in [0.15, 0.2) is 0 Å². The predicted octanol–water partition coefficient (Wildman–Crippen LogP) is 2.36. The summed E-state index contributed by atoms with van der Waals surface area (Å²) in [6.45, 7) is 4.95.